The third-order valence-corrected chi connectivity index (χ3v) is 8.11. The number of carbonyl (C=O) groups is 3. The highest BCUT2D eigenvalue weighted by Crippen LogP contribution is 2.24. The maximum Gasteiger partial charge on any atom is 0.243 e. The molecule has 4 rings (SSSR count). The molecule has 2 N–H and O–H groups in total. The average molecular weight is 500 g/mol. The number of nitrogens with one attached hydrogen (secondary N) is 2. The Balaban J connectivity index is 1.44. The maximum absolute atomic E-state index is 13.4. The molecule has 0 saturated carbocycles. The number of nitrogens with zero attached hydrogens (tertiary/aromatic N) is 3. The molecule has 2 saturated heterocycles. The molecule has 186 valence electrons. The number of carbonyl (C=O) groups excluding carboxylic acids is 3. The largest absolute Gasteiger partial charge is 0.368 e. The van der Waals surface area contributed by atoms with Crippen LogP contribution in [0.4, 0.5) is 11.4 Å². The fourth-order valence-corrected chi connectivity index (χ4v) is 5.96. The van der Waals surface area contributed by atoms with Gasteiger partial charge in [0.2, 0.25) is 27.7 Å². The Bertz CT molecular complexity index is 1180. The summed E-state index contributed by atoms with van der Waals surface area (Å²) in [5.74, 6) is -0.997. The van der Waals surface area contributed by atoms with Gasteiger partial charge >= 0.3 is 0 Å². The first-order valence-electron chi connectivity index (χ1n) is 11.5. The second-order valence-electron chi connectivity index (χ2n) is 8.54. The summed E-state index contributed by atoms with van der Waals surface area (Å²) >= 11 is 0. The molecule has 0 aromatic heterocycles. The van der Waals surface area contributed by atoms with Crippen LogP contribution in [0.1, 0.15) is 13.3 Å². The van der Waals surface area contributed by atoms with Crippen LogP contribution in [0.2, 0.25) is 0 Å². The minimum Gasteiger partial charge on any atom is -0.368 e. The summed E-state index contributed by atoms with van der Waals surface area (Å²) in [7, 11) is -4.03. The van der Waals surface area contributed by atoms with Crippen molar-refractivity contribution in [1.82, 2.24) is 14.5 Å². The SMILES string of the molecule is CC(=O)Nc1ccc(S(=O)(=O)N2CCNC(=O)C2CC(=O)N2CCN(c3ccccc3)CC2)cc1. The zero-order valence-corrected chi connectivity index (χ0v) is 20.3. The zero-order valence-electron chi connectivity index (χ0n) is 19.5. The fraction of sp³-hybridized carbons (Fsp3) is 0.375. The molecular weight excluding hydrogens is 470 g/mol. The molecule has 35 heavy (non-hydrogen) atoms. The van der Waals surface area contributed by atoms with E-state index in [4.69, 9.17) is 0 Å². The van der Waals surface area contributed by atoms with Crippen molar-refractivity contribution in [2.24, 2.45) is 0 Å². The number of hydrogen-bond donors (Lipinski definition) is 2. The Kier molecular flexibility index (Phi) is 7.37. The summed E-state index contributed by atoms with van der Waals surface area (Å²) < 4.78 is 27.8. The number of benzene rings is 2. The van der Waals surface area contributed by atoms with E-state index in [2.05, 4.69) is 15.5 Å². The van der Waals surface area contributed by atoms with Crippen molar-refractivity contribution < 1.29 is 22.8 Å². The van der Waals surface area contributed by atoms with Gasteiger partial charge in [-0.25, -0.2) is 8.42 Å². The number of amides is 3. The first kappa shape index (κ1) is 24.7. The third-order valence-electron chi connectivity index (χ3n) is 6.18. The molecule has 2 heterocycles. The first-order valence-corrected chi connectivity index (χ1v) is 12.9. The Labute approximate surface area is 204 Å². The van der Waals surface area contributed by atoms with Crippen LogP contribution >= 0.6 is 0 Å². The van der Waals surface area contributed by atoms with Gasteiger partial charge in [-0.2, -0.15) is 4.31 Å². The lowest BCUT2D eigenvalue weighted by Crippen LogP contribution is -2.59. The van der Waals surface area contributed by atoms with Crippen LogP contribution in [-0.2, 0) is 24.4 Å². The Morgan fingerprint density at radius 1 is 0.971 bits per heavy atom. The van der Waals surface area contributed by atoms with Gasteiger partial charge in [0, 0.05) is 57.6 Å². The van der Waals surface area contributed by atoms with Gasteiger partial charge in [-0.15, -0.1) is 0 Å². The number of anilines is 2. The van der Waals surface area contributed by atoms with E-state index in [0.29, 0.717) is 31.9 Å². The van der Waals surface area contributed by atoms with Gasteiger partial charge in [-0.3, -0.25) is 14.4 Å². The van der Waals surface area contributed by atoms with Crippen molar-refractivity contribution in [1.29, 1.82) is 0 Å². The second kappa shape index (κ2) is 10.4. The first-order chi connectivity index (χ1) is 16.8. The summed E-state index contributed by atoms with van der Waals surface area (Å²) in [6.45, 7) is 3.92. The lowest BCUT2D eigenvalue weighted by Gasteiger charge is -2.38. The molecule has 0 bridgehead atoms. The van der Waals surface area contributed by atoms with E-state index >= 15 is 0 Å². The van der Waals surface area contributed by atoms with Gasteiger partial charge in [-0.05, 0) is 36.4 Å². The van der Waals surface area contributed by atoms with Crippen LogP contribution in [0.3, 0.4) is 0 Å². The van der Waals surface area contributed by atoms with E-state index in [-0.39, 0.29) is 36.2 Å². The molecule has 11 heteroatoms. The molecule has 2 aromatic carbocycles. The number of hydrogen-bond acceptors (Lipinski definition) is 6. The van der Waals surface area contributed by atoms with Crippen molar-refractivity contribution in [3.05, 3.63) is 54.6 Å². The van der Waals surface area contributed by atoms with Crippen molar-refractivity contribution >= 4 is 39.1 Å². The van der Waals surface area contributed by atoms with Gasteiger partial charge in [0.25, 0.3) is 0 Å². The molecule has 0 radical (unpaired) electrons. The number of para-hydroxylation sites is 1. The molecule has 3 amide bonds. The van der Waals surface area contributed by atoms with Crippen LogP contribution in [0.25, 0.3) is 0 Å². The van der Waals surface area contributed by atoms with Gasteiger partial charge in [-0.1, -0.05) is 18.2 Å². The molecule has 0 aliphatic carbocycles. The minimum atomic E-state index is -4.03. The molecule has 2 fully saturated rings. The lowest BCUT2D eigenvalue weighted by molar-refractivity contribution is -0.137. The van der Waals surface area contributed by atoms with E-state index in [1.54, 1.807) is 4.90 Å². The Morgan fingerprint density at radius 3 is 2.26 bits per heavy atom. The molecule has 2 aliphatic heterocycles. The van der Waals surface area contributed by atoms with Gasteiger partial charge in [0.15, 0.2) is 0 Å². The maximum atomic E-state index is 13.4. The average Bonchev–Trinajstić information content (AvgIpc) is 2.85. The number of rotatable bonds is 6. The predicted molar refractivity (Wildman–Crippen MR) is 131 cm³/mol. The van der Waals surface area contributed by atoms with Crippen LogP contribution < -0.4 is 15.5 Å². The minimum absolute atomic E-state index is 0.00442. The molecule has 2 aliphatic rings. The Hall–Kier alpha value is -3.44. The van der Waals surface area contributed by atoms with Gasteiger partial charge in [0.05, 0.1) is 11.3 Å². The van der Waals surface area contributed by atoms with E-state index in [1.165, 1.54) is 31.2 Å². The molecule has 1 unspecified atom stereocenters. The van der Waals surface area contributed by atoms with Crippen LogP contribution in [0, 0.1) is 0 Å². The van der Waals surface area contributed by atoms with E-state index in [1.807, 2.05) is 30.3 Å². The zero-order chi connectivity index (χ0) is 25.0. The van der Waals surface area contributed by atoms with Crippen LogP contribution in [0.5, 0.6) is 0 Å². The fourth-order valence-electron chi connectivity index (χ4n) is 4.37. The van der Waals surface area contributed by atoms with E-state index in [9.17, 15) is 22.8 Å². The Morgan fingerprint density at radius 2 is 1.63 bits per heavy atom. The van der Waals surface area contributed by atoms with E-state index < -0.39 is 22.0 Å². The molecular formula is C24H29N5O5S. The van der Waals surface area contributed by atoms with Crippen LogP contribution in [0.15, 0.2) is 59.5 Å². The highest BCUT2D eigenvalue weighted by molar-refractivity contribution is 7.89. The quantitative estimate of drug-likeness (QED) is 0.609. The highest BCUT2D eigenvalue weighted by atomic mass is 32.2. The molecule has 10 nitrogen and oxygen atoms in total. The summed E-state index contributed by atoms with van der Waals surface area (Å²) in [4.78, 5) is 40.8. The van der Waals surface area contributed by atoms with Crippen molar-refractivity contribution in [3.8, 4) is 0 Å². The second-order valence-corrected chi connectivity index (χ2v) is 10.4. The summed E-state index contributed by atoms with van der Waals surface area (Å²) in [5.41, 5.74) is 1.56. The normalized spacial score (nSPS) is 19.2. The predicted octanol–water partition coefficient (Wildman–Crippen LogP) is 0.873. The number of piperazine rings is 2. The third kappa shape index (κ3) is 5.63. The van der Waals surface area contributed by atoms with E-state index in [0.717, 1.165) is 9.99 Å². The van der Waals surface area contributed by atoms with Crippen molar-refractivity contribution in [2.45, 2.75) is 24.3 Å². The molecule has 0 spiro atoms. The molecule has 2 aromatic rings. The van der Waals surface area contributed by atoms with Crippen molar-refractivity contribution in [3.63, 3.8) is 0 Å². The highest BCUT2D eigenvalue weighted by Gasteiger charge is 2.40. The summed E-state index contributed by atoms with van der Waals surface area (Å²) in [5, 5.41) is 5.27. The number of sulfonamides is 1. The van der Waals surface area contributed by atoms with Gasteiger partial charge < -0.3 is 20.4 Å². The van der Waals surface area contributed by atoms with Crippen molar-refractivity contribution in [2.75, 3.05) is 49.5 Å². The molecule has 1 atom stereocenters. The lowest BCUT2D eigenvalue weighted by atomic mass is 10.1. The topological polar surface area (TPSA) is 119 Å². The smallest absolute Gasteiger partial charge is 0.243 e. The summed E-state index contributed by atoms with van der Waals surface area (Å²) in [6.07, 6.45) is -0.222. The summed E-state index contributed by atoms with van der Waals surface area (Å²) in [6, 6.07) is 14.6. The standard InChI is InChI=1S/C24H29N5O5S/c1-18(30)26-19-7-9-21(10-8-19)35(33,34)29-12-11-25-24(32)22(29)17-23(31)28-15-13-27(14-16-28)20-5-3-2-4-6-20/h2-10,22H,11-17H2,1H3,(H,25,32)(H,26,30). The monoisotopic (exact) mass is 499 g/mol. The van der Waals surface area contributed by atoms with Crippen LogP contribution in [-0.4, -0.2) is 80.7 Å². The van der Waals surface area contributed by atoms with Gasteiger partial charge in [0.1, 0.15) is 6.04 Å².